The average Bonchev–Trinajstić information content (AvgIpc) is 0.743. The van der Waals surface area contributed by atoms with Crippen molar-refractivity contribution in [2.45, 2.75) is 0 Å². The molecule has 424 valence electrons. The lowest BCUT2D eigenvalue weighted by Gasteiger charge is -2.25. The Morgan fingerprint density at radius 1 is 0.196 bits per heavy atom. The minimum Gasteiger partial charge on any atom is -0.456 e. The summed E-state index contributed by atoms with van der Waals surface area (Å²) in [5, 5.41) is 21.5. The molecule has 0 aliphatic carbocycles. The maximum Gasteiger partial charge on any atom is 0.135 e. The molecule has 20 rings (SSSR count). The van der Waals surface area contributed by atoms with E-state index in [2.05, 4.69) is 296 Å². The third-order valence-corrected chi connectivity index (χ3v) is 19.9. The molecule has 17 aromatic carbocycles. The minimum atomic E-state index is 0.844. The smallest absolute Gasteiger partial charge is 0.135 e. The third kappa shape index (κ3) is 7.36. The molecule has 0 saturated carbocycles. The van der Waals surface area contributed by atoms with Crippen LogP contribution in [0.2, 0.25) is 0 Å². The van der Waals surface area contributed by atoms with Crippen molar-refractivity contribution in [1.29, 1.82) is 0 Å². The van der Waals surface area contributed by atoms with E-state index in [4.69, 9.17) is 9.47 Å². The van der Waals surface area contributed by atoms with E-state index in [1.54, 1.807) is 0 Å². The van der Waals surface area contributed by atoms with Gasteiger partial charge in [0.15, 0.2) is 0 Å². The Balaban J connectivity index is 0.727. The number of rotatable bonds is 6. The van der Waals surface area contributed by atoms with Crippen LogP contribution < -0.4 is 9.47 Å². The van der Waals surface area contributed by atoms with Crippen LogP contribution in [-0.2, 0) is 0 Å². The fourth-order valence-corrected chi connectivity index (χ4v) is 16.1. The van der Waals surface area contributed by atoms with E-state index in [0.29, 0.717) is 0 Å². The number of hydrogen-bond acceptors (Lipinski definition) is 3. The molecule has 0 atom stereocenters. The van der Waals surface area contributed by atoms with Gasteiger partial charge in [-0.25, -0.2) is 0 Å². The first kappa shape index (κ1) is 50.8. The monoisotopic (exact) mass is 1170 g/mol. The van der Waals surface area contributed by atoms with Crippen molar-refractivity contribution in [3.8, 4) is 112 Å². The van der Waals surface area contributed by atoms with Crippen LogP contribution in [0.25, 0.3) is 186 Å². The van der Waals surface area contributed by atoms with E-state index in [9.17, 15) is 0 Å². The highest BCUT2D eigenvalue weighted by molar-refractivity contribution is 6.30. The highest BCUT2D eigenvalue weighted by Gasteiger charge is 2.28. The quantitative estimate of drug-likeness (QED) is 0.156. The van der Waals surface area contributed by atoms with E-state index in [1.165, 1.54) is 131 Å². The Bertz CT molecular complexity index is 6140. The Morgan fingerprint density at radius 2 is 0.609 bits per heavy atom. The van der Waals surface area contributed by atoms with Crippen molar-refractivity contribution < 1.29 is 9.47 Å². The van der Waals surface area contributed by atoms with E-state index in [-0.39, 0.29) is 0 Å². The fourth-order valence-electron chi connectivity index (χ4n) is 16.1. The molecule has 0 radical (unpaired) electrons. The zero-order valence-electron chi connectivity index (χ0n) is 49.7. The lowest BCUT2D eigenvalue weighted by Crippen LogP contribution is -1.99. The molecule has 0 N–H and O–H groups in total. The molecule has 0 amide bonds. The van der Waals surface area contributed by atoms with Crippen molar-refractivity contribution in [2.24, 2.45) is 0 Å². The molecule has 18 aromatic rings. The van der Waals surface area contributed by atoms with Crippen LogP contribution in [0.4, 0.5) is 0 Å². The van der Waals surface area contributed by atoms with Crippen molar-refractivity contribution in [3.05, 3.63) is 310 Å². The van der Waals surface area contributed by atoms with E-state index >= 15 is 0 Å². The molecule has 0 saturated heterocycles. The predicted molar refractivity (Wildman–Crippen MR) is 385 cm³/mol. The number of nitrogens with zero attached hydrogens (tertiary/aromatic N) is 1. The molecule has 0 spiro atoms. The number of ether oxygens (including phenoxy) is 2. The van der Waals surface area contributed by atoms with Crippen molar-refractivity contribution >= 4 is 97.0 Å². The summed E-state index contributed by atoms with van der Waals surface area (Å²) in [6.07, 6.45) is 3.80. The molecule has 3 nitrogen and oxygen atoms in total. The number of fused-ring (bicyclic) bond motifs is 11. The maximum atomic E-state index is 7.20. The van der Waals surface area contributed by atoms with Crippen molar-refractivity contribution in [2.75, 3.05) is 0 Å². The van der Waals surface area contributed by atoms with Crippen LogP contribution in [0.5, 0.6) is 23.0 Å². The van der Waals surface area contributed by atoms with Gasteiger partial charge in [0.2, 0.25) is 0 Å². The van der Waals surface area contributed by atoms with Gasteiger partial charge in [-0.2, -0.15) is 0 Å². The van der Waals surface area contributed by atoms with Crippen LogP contribution in [0.15, 0.2) is 310 Å². The molecule has 1 aromatic heterocycles. The number of benzene rings is 17. The van der Waals surface area contributed by atoms with E-state index in [0.717, 1.165) is 78.1 Å². The Hall–Kier alpha value is -12.2. The topological polar surface area (TPSA) is 31.4 Å². The summed E-state index contributed by atoms with van der Waals surface area (Å²) >= 11 is 0. The normalized spacial score (nSPS) is 12.3. The fraction of sp³-hybridized carbons (Fsp3) is 0. The first-order chi connectivity index (χ1) is 45.7. The average molecular weight is 1170 g/mol. The number of aromatic nitrogens is 1. The lowest BCUT2D eigenvalue weighted by molar-refractivity contribution is 0.487. The van der Waals surface area contributed by atoms with Crippen LogP contribution in [-0.4, -0.2) is 4.98 Å². The largest absolute Gasteiger partial charge is 0.456 e. The first-order valence-corrected chi connectivity index (χ1v) is 31.6. The first-order valence-electron chi connectivity index (χ1n) is 31.6. The second-order valence-corrected chi connectivity index (χ2v) is 24.6. The summed E-state index contributed by atoms with van der Waals surface area (Å²) in [7, 11) is 0. The van der Waals surface area contributed by atoms with Gasteiger partial charge in [0.05, 0.1) is 0 Å². The SMILES string of the molecule is c1cncc(-c2ccc(-c3c4ccccc4c(-c4ccc5c6c(cccc46)-c4ccc(-c6cccc7c(-c8c9ccccc9c(-c9ccc%10c(c9)Oc9cccc%11cccc-%10c9%11)c9ccccc89)c8ccccc8cc67)cc4O5)c4ccccc34)c3ccccc23)c1. The Kier molecular flexibility index (Phi) is 10.9. The lowest BCUT2D eigenvalue weighted by atomic mass is 9.81. The van der Waals surface area contributed by atoms with Crippen molar-refractivity contribution in [1.82, 2.24) is 4.98 Å². The third-order valence-electron chi connectivity index (χ3n) is 19.9. The van der Waals surface area contributed by atoms with Crippen LogP contribution >= 0.6 is 0 Å². The van der Waals surface area contributed by atoms with Crippen molar-refractivity contribution in [3.63, 3.8) is 0 Å². The number of hydrogen-bond donors (Lipinski definition) is 0. The van der Waals surface area contributed by atoms with E-state index < -0.39 is 0 Å². The minimum absolute atomic E-state index is 0.844. The molecule has 3 heterocycles. The van der Waals surface area contributed by atoms with Gasteiger partial charge in [-0.15, -0.1) is 0 Å². The standard InChI is InChI=1S/C89H51NO2/c1-2-22-59-53(18-1)48-78-57(33-15-37-75(78)88(59)89-73-31-11-5-25-66(73)83(67-26-6-12-32-74(67)89)55-40-42-62-64-34-13-19-52-20-14-38-79(84(52)64)91-82(62)50-55)54-39-41-63-65-35-16-36-72-77(45-46-80(87(65)72)92-81(63)49-54)86-70-29-9-7-27-68(70)85(69-28-8-10-30-71(69)86)76-44-43-58(56-21-17-47-90-51-56)60-23-3-4-24-61(60)76/h1-51H. The van der Waals surface area contributed by atoms with Gasteiger partial charge in [0, 0.05) is 39.9 Å². The molecule has 0 fully saturated rings. The molecule has 3 heteroatoms. The molecule has 2 aliphatic rings. The maximum absolute atomic E-state index is 7.20. The Morgan fingerprint density at radius 3 is 1.25 bits per heavy atom. The predicted octanol–water partition coefficient (Wildman–Crippen LogP) is 25.0. The molecule has 2 aliphatic heterocycles. The molecular weight excluding hydrogens is 1110 g/mol. The highest BCUT2D eigenvalue weighted by Crippen LogP contribution is 2.56. The summed E-state index contributed by atoms with van der Waals surface area (Å²) in [5.74, 6) is 3.47. The van der Waals surface area contributed by atoms with Gasteiger partial charge < -0.3 is 9.47 Å². The van der Waals surface area contributed by atoms with Gasteiger partial charge in [0.1, 0.15) is 23.0 Å². The Labute approximate surface area is 529 Å². The number of pyridine rings is 1. The molecule has 0 bridgehead atoms. The zero-order chi connectivity index (χ0) is 60.1. The van der Waals surface area contributed by atoms with Crippen LogP contribution in [0.3, 0.4) is 0 Å². The van der Waals surface area contributed by atoms with Gasteiger partial charge in [-0.1, -0.05) is 243 Å². The molecule has 92 heavy (non-hydrogen) atoms. The van der Waals surface area contributed by atoms with Crippen LogP contribution in [0.1, 0.15) is 0 Å². The van der Waals surface area contributed by atoms with E-state index in [1.807, 2.05) is 18.5 Å². The van der Waals surface area contributed by atoms with Crippen LogP contribution in [0, 0.1) is 0 Å². The highest BCUT2D eigenvalue weighted by atomic mass is 16.5. The van der Waals surface area contributed by atoms with Gasteiger partial charge >= 0.3 is 0 Å². The summed E-state index contributed by atoms with van der Waals surface area (Å²) in [6.45, 7) is 0. The molecule has 0 unspecified atom stereocenters. The summed E-state index contributed by atoms with van der Waals surface area (Å²) in [6, 6.07) is 109. The van der Waals surface area contributed by atoms with Gasteiger partial charge in [0.25, 0.3) is 0 Å². The second-order valence-electron chi connectivity index (χ2n) is 24.6. The second kappa shape index (κ2) is 19.7. The van der Waals surface area contributed by atoms with Gasteiger partial charge in [-0.3, -0.25) is 4.98 Å². The zero-order valence-corrected chi connectivity index (χ0v) is 49.7. The van der Waals surface area contributed by atoms with Gasteiger partial charge in [-0.05, 0) is 213 Å². The summed E-state index contributed by atoms with van der Waals surface area (Å²) in [4.78, 5) is 4.49. The molecular formula is C89H51NO2. The summed E-state index contributed by atoms with van der Waals surface area (Å²) < 4.78 is 14.0. The summed E-state index contributed by atoms with van der Waals surface area (Å²) in [5.41, 5.74) is 18.7.